The van der Waals surface area contributed by atoms with Gasteiger partial charge in [-0.1, -0.05) is 17.7 Å². The Hall–Kier alpha value is -0.530. The molecule has 2 N–H and O–H groups in total. The van der Waals surface area contributed by atoms with Crippen LogP contribution in [0.25, 0.3) is 0 Å². The Balaban J connectivity index is 2.02. The van der Waals surface area contributed by atoms with Gasteiger partial charge in [-0.05, 0) is 73.2 Å². The van der Waals surface area contributed by atoms with Crippen LogP contribution in [-0.4, -0.2) is 6.54 Å². The summed E-state index contributed by atoms with van der Waals surface area (Å²) in [4.78, 5) is 0. The van der Waals surface area contributed by atoms with Gasteiger partial charge in [-0.3, -0.25) is 0 Å². The van der Waals surface area contributed by atoms with Gasteiger partial charge in [0.25, 0.3) is 0 Å². The summed E-state index contributed by atoms with van der Waals surface area (Å²) in [6.45, 7) is 0.755. The standard InChI is InChI=1S/C14H18ClN/c15-11-4-6-13-12(9-1-2-9)5-3-10(8-16)14(13)7-11/h4,6-7,9-10,12H,1-3,5,8,16H2. The van der Waals surface area contributed by atoms with Crippen molar-refractivity contribution in [2.24, 2.45) is 11.7 Å². The molecule has 0 bridgehead atoms. The SMILES string of the molecule is NCC1CCC(C2CC2)c2ccc(Cl)cc21. The lowest BCUT2D eigenvalue weighted by atomic mass is 9.75. The number of fused-ring (bicyclic) bond motifs is 1. The molecule has 0 aromatic heterocycles. The first-order valence-corrected chi connectivity index (χ1v) is 6.67. The highest BCUT2D eigenvalue weighted by molar-refractivity contribution is 6.30. The minimum absolute atomic E-state index is 0.531. The molecular formula is C14H18ClN. The minimum atomic E-state index is 0.531. The Labute approximate surface area is 102 Å². The number of hydrogen-bond donors (Lipinski definition) is 1. The molecular weight excluding hydrogens is 218 g/mol. The number of hydrogen-bond acceptors (Lipinski definition) is 1. The van der Waals surface area contributed by atoms with Gasteiger partial charge in [0.1, 0.15) is 0 Å². The average molecular weight is 236 g/mol. The Kier molecular flexibility index (Phi) is 2.68. The minimum Gasteiger partial charge on any atom is -0.330 e. The fourth-order valence-corrected chi connectivity index (χ4v) is 3.34. The molecule has 0 heterocycles. The predicted molar refractivity (Wildman–Crippen MR) is 67.9 cm³/mol. The second-order valence-electron chi connectivity index (χ2n) is 5.23. The zero-order valence-corrected chi connectivity index (χ0v) is 10.2. The number of nitrogens with two attached hydrogens (primary N) is 1. The van der Waals surface area contributed by atoms with Crippen molar-refractivity contribution in [2.75, 3.05) is 6.54 Å². The van der Waals surface area contributed by atoms with Gasteiger partial charge in [0.15, 0.2) is 0 Å². The maximum absolute atomic E-state index is 6.10. The van der Waals surface area contributed by atoms with Gasteiger partial charge in [-0.25, -0.2) is 0 Å². The van der Waals surface area contributed by atoms with E-state index in [4.69, 9.17) is 17.3 Å². The van der Waals surface area contributed by atoms with E-state index in [1.165, 1.54) is 36.8 Å². The second kappa shape index (κ2) is 4.05. The molecule has 0 aliphatic heterocycles. The van der Waals surface area contributed by atoms with E-state index in [2.05, 4.69) is 12.1 Å². The van der Waals surface area contributed by atoms with Gasteiger partial charge in [0, 0.05) is 5.02 Å². The normalized spacial score (nSPS) is 28.9. The Morgan fingerprint density at radius 2 is 1.94 bits per heavy atom. The molecule has 1 aromatic rings. The van der Waals surface area contributed by atoms with Crippen LogP contribution >= 0.6 is 11.6 Å². The third-order valence-electron chi connectivity index (χ3n) is 4.19. The molecule has 16 heavy (non-hydrogen) atoms. The van der Waals surface area contributed by atoms with Crippen LogP contribution in [0.1, 0.15) is 48.6 Å². The van der Waals surface area contributed by atoms with Crippen LogP contribution in [-0.2, 0) is 0 Å². The lowest BCUT2D eigenvalue weighted by molar-refractivity contribution is 0.454. The second-order valence-corrected chi connectivity index (χ2v) is 5.66. The van der Waals surface area contributed by atoms with E-state index in [0.29, 0.717) is 5.92 Å². The molecule has 0 saturated heterocycles. The first-order chi connectivity index (χ1) is 7.79. The largest absolute Gasteiger partial charge is 0.330 e. The lowest BCUT2D eigenvalue weighted by Gasteiger charge is -2.31. The fourth-order valence-electron chi connectivity index (χ4n) is 3.16. The van der Waals surface area contributed by atoms with E-state index in [1.807, 2.05) is 6.07 Å². The highest BCUT2D eigenvalue weighted by Gasteiger charge is 2.36. The van der Waals surface area contributed by atoms with E-state index in [1.54, 1.807) is 0 Å². The maximum atomic E-state index is 6.10. The van der Waals surface area contributed by atoms with Crippen molar-refractivity contribution < 1.29 is 0 Å². The highest BCUT2D eigenvalue weighted by Crippen LogP contribution is 2.50. The molecule has 1 saturated carbocycles. The Morgan fingerprint density at radius 3 is 2.62 bits per heavy atom. The molecule has 3 rings (SSSR count). The van der Waals surface area contributed by atoms with Gasteiger partial charge >= 0.3 is 0 Å². The molecule has 2 unspecified atom stereocenters. The predicted octanol–water partition coefficient (Wildman–Crippen LogP) is 3.67. The van der Waals surface area contributed by atoms with E-state index >= 15 is 0 Å². The van der Waals surface area contributed by atoms with Gasteiger partial charge in [-0.2, -0.15) is 0 Å². The summed E-state index contributed by atoms with van der Waals surface area (Å²) in [7, 11) is 0. The van der Waals surface area contributed by atoms with Crippen LogP contribution in [0, 0.1) is 5.92 Å². The molecule has 86 valence electrons. The van der Waals surface area contributed by atoms with Gasteiger partial charge in [0.05, 0.1) is 0 Å². The molecule has 0 spiro atoms. The summed E-state index contributed by atoms with van der Waals surface area (Å²) in [5, 5.41) is 0.855. The van der Waals surface area contributed by atoms with Crippen molar-refractivity contribution in [1.82, 2.24) is 0 Å². The summed E-state index contributed by atoms with van der Waals surface area (Å²) >= 11 is 6.10. The van der Waals surface area contributed by atoms with Crippen LogP contribution in [0.4, 0.5) is 0 Å². The summed E-state index contributed by atoms with van der Waals surface area (Å²) in [6.07, 6.45) is 5.40. The molecule has 1 nitrogen and oxygen atoms in total. The molecule has 0 amide bonds. The number of rotatable bonds is 2. The fraction of sp³-hybridized carbons (Fsp3) is 0.571. The summed E-state index contributed by atoms with van der Waals surface area (Å²) < 4.78 is 0. The first kappa shape index (κ1) is 10.6. The molecule has 1 aromatic carbocycles. The third kappa shape index (κ3) is 1.76. The van der Waals surface area contributed by atoms with E-state index in [0.717, 1.165) is 23.4 Å². The van der Waals surface area contributed by atoms with E-state index < -0.39 is 0 Å². The van der Waals surface area contributed by atoms with E-state index in [9.17, 15) is 0 Å². The third-order valence-corrected chi connectivity index (χ3v) is 4.42. The summed E-state index contributed by atoms with van der Waals surface area (Å²) in [5.41, 5.74) is 8.83. The van der Waals surface area contributed by atoms with Gasteiger partial charge in [-0.15, -0.1) is 0 Å². The first-order valence-electron chi connectivity index (χ1n) is 6.29. The molecule has 0 radical (unpaired) electrons. The zero-order valence-electron chi connectivity index (χ0n) is 9.45. The number of halogens is 1. The molecule has 1 fully saturated rings. The van der Waals surface area contributed by atoms with Gasteiger partial charge < -0.3 is 5.73 Å². The van der Waals surface area contributed by atoms with Crippen molar-refractivity contribution in [3.63, 3.8) is 0 Å². The van der Waals surface area contributed by atoms with Crippen molar-refractivity contribution in [1.29, 1.82) is 0 Å². The monoisotopic (exact) mass is 235 g/mol. The zero-order chi connectivity index (χ0) is 11.1. The highest BCUT2D eigenvalue weighted by atomic mass is 35.5. The van der Waals surface area contributed by atoms with Gasteiger partial charge in [0.2, 0.25) is 0 Å². The molecule has 2 aliphatic rings. The quantitative estimate of drug-likeness (QED) is 0.832. The van der Waals surface area contributed by atoms with Crippen molar-refractivity contribution in [3.8, 4) is 0 Å². The smallest absolute Gasteiger partial charge is 0.0409 e. The Bertz CT molecular complexity index is 398. The molecule has 2 aliphatic carbocycles. The van der Waals surface area contributed by atoms with Crippen molar-refractivity contribution in [2.45, 2.75) is 37.5 Å². The maximum Gasteiger partial charge on any atom is 0.0409 e. The topological polar surface area (TPSA) is 26.0 Å². The van der Waals surface area contributed by atoms with Crippen LogP contribution in [0.15, 0.2) is 18.2 Å². The molecule has 2 atom stereocenters. The average Bonchev–Trinajstić information content (AvgIpc) is 3.11. The van der Waals surface area contributed by atoms with Crippen molar-refractivity contribution in [3.05, 3.63) is 34.3 Å². The van der Waals surface area contributed by atoms with E-state index in [-0.39, 0.29) is 0 Å². The Morgan fingerprint density at radius 1 is 1.12 bits per heavy atom. The van der Waals surface area contributed by atoms with Crippen LogP contribution in [0.2, 0.25) is 5.02 Å². The number of benzene rings is 1. The van der Waals surface area contributed by atoms with Crippen LogP contribution in [0.3, 0.4) is 0 Å². The van der Waals surface area contributed by atoms with Crippen LogP contribution in [0.5, 0.6) is 0 Å². The summed E-state index contributed by atoms with van der Waals surface area (Å²) in [5.74, 6) is 2.26. The van der Waals surface area contributed by atoms with Crippen molar-refractivity contribution >= 4 is 11.6 Å². The van der Waals surface area contributed by atoms with Crippen LogP contribution < -0.4 is 5.73 Å². The summed E-state index contributed by atoms with van der Waals surface area (Å²) in [6, 6.07) is 6.42. The molecule has 2 heteroatoms. The lowest BCUT2D eigenvalue weighted by Crippen LogP contribution is -2.21.